The molecular weight excluding hydrogens is 279 g/mol. The highest BCUT2D eigenvalue weighted by Gasteiger charge is 2.26. The summed E-state index contributed by atoms with van der Waals surface area (Å²) in [6.07, 6.45) is 1.86. The fraction of sp³-hybridized carbons (Fsp3) is 0.214. The Morgan fingerprint density at radius 2 is 2.30 bits per heavy atom. The number of aromatic nitrogens is 1. The molecule has 0 saturated heterocycles. The molecule has 2 N–H and O–H groups in total. The molecule has 0 bridgehead atoms. The molecule has 2 unspecified atom stereocenters. The van der Waals surface area contributed by atoms with Crippen molar-refractivity contribution in [1.29, 1.82) is 0 Å². The van der Waals surface area contributed by atoms with Crippen LogP contribution >= 0.6 is 0 Å². The lowest BCUT2D eigenvalue weighted by atomic mass is 10.1. The van der Waals surface area contributed by atoms with Gasteiger partial charge in [0.2, 0.25) is 0 Å². The molecule has 104 valence electrons. The van der Waals surface area contributed by atoms with Gasteiger partial charge in [0.05, 0.1) is 22.2 Å². The number of fused-ring (bicyclic) bond motifs is 1. The molecule has 1 aliphatic rings. The number of ether oxygens (including phenoxy) is 1. The van der Waals surface area contributed by atoms with Crippen molar-refractivity contribution in [3.63, 3.8) is 0 Å². The minimum atomic E-state index is -1.33. The highest BCUT2D eigenvalue weighted by atomic mass is 32.2. The molecule has 2 aromatic rings. The third kappa shape index (κ3) is 2.51. The van der Waals surface area contributed by atoms with Gasteiger partial charge in [-0.05, 0) is 30.3 Å². The summed E-state index contributed by atoms with van der Waals surface area (Å²) in [5.74, 6) is 0.655. The van der Waals surface area contributed by atoms with Crippen LogP contribution in [0, 0.1) is 5.82 Å². The van der Waals surface area contributed by atoms with E-state index in [9.17, 15) is 8.60 Å². The molecule has 3 rings (SSSR count). The summed E-state index contributed by atoms with van der Waals surface area (Å²) in [5.41, 5.74) is 6.97. The first kappa shape index (κ1) is 13.1. The first-order valence-corrected chi connectivity index (χ1v) is 7.49. The number of benzene rings is 1. The number of pyridine rings is 1. The molecule has 2 heterocycles. The number of hydrogen-bond donors (Lipinski definition) is 1. The van der Waals surface area contributed by atoms with Crippen molar-refractivity contribution in [3.8, 4) is 5.75 Å². The minimum absolute atomic E-state index is 0.242. The Kier molecular flexibility index (Phi) is 3.40. The zero-order chi connectivity index (χ0) is 14.1. The zero-order valence-electron chi connectivity index (χ0n) is 10.6. The Balaban J connectivity index is 1.72. The molecule has 0 amide bonds. The van der Waals surface area contributed by atoms with Crippen molar-refractivity contribution >= 4 is 16.5 Å². The van der Waals surface area contributed by atoms with Crippen LogP contribution in [-0.4, -0.2) is 21.0 Å². The maximum absolute atomic E-state index is 13.1. The van der Waals surface area contributed by atoms with Gasteiger partial charge in [0, 0.05) is 18.2 Å². The molecule has 6 heteroatoms. The monoisotopic (exact) mass is 292 g/mol. The molecule has 20 heavy (non-hydrogen) atoms. The van der Waals surface area contributed by atoms with Gasteiger partial charge in [-0.1, -0.05) is 0 Å². The van der Waals surface area contributed by atoms with E-state index in [0.29, 0.717) is 22.9 Å². The van der Waals surface area contributed by atoms with E-state index in [4.69, 9.17) is 10.5 Å². The Morgan fingerprint density at radius 1 is 1.45 bits per heavy atom. The lowest BCUT2D eigenvalue weighted by Crippen LogP contribution is -2.22. The van der Waals surface area contributed by atoms with E-state index in [1.807, 2.05) is 0 Å². The van der Waals surface area contributed by atoms with Gasteiger partial charge in [-0.25, -0.2) is 9.37 Å². The van der Waals surface area contributed by atoms with Crippen LogP contribution in [0.4, 0.5) is 10.1 Å². The quantitative estimate of drug-likeness (QED) is 0.938. The number of halogens is 1. The van der Waals surface area contributed by atoms with E-state index in [2.05, 4.69) is 4.98 Å². The molecule has 1 aromatic carbocycles. The van der Waals surface area contributed by atoms with Crippen LogP contribution in [0.3, 0.4) is 0 Å². The average Bonchev–Trinajstić information content (AvgIpc) is 2.80. The Morgan fingerprint density at radius 3 is 3.10 bits per heavy atom. The molecule has 0 saturated carbocycles. The van der Waals surface area contributed by atoms with Crippen molar-refractivity contribution in [2.45, 2.75) is 17.6 Å². The van der Waals surface area contributed by atoms with E-state index < -0.39 is 10.8 Å². The topological polar surface area (TPSA) is 65.2 Å². The smallest absolute Gasteiger partial charge is 0.150 e. The van der Waals surface area contributed by atoms with Gasteiger partial charge in [-0.3, -0.25) is 4.21 Å². The lowest BCUT2D eigenvalue weighted by Gasteiger charge is -2.10. The molecule has 1 aliphatic heterocycles. The summed E-state index contributed by atoms with van der Waals surface area (Å²) < 4.78 is 31.0. The predicted molar refractivity (Wildman–Crippen MR) is 74.4 cm³/mol. The molecule has 0 aliphatic carbocycles. The van der Waals surface area contributed by atoms with Crippen LogP contribution in [0.2, 0.25) is 0 Å². The Labute approximate surface area is 118 Å². The highest BCUT2D eigenvalue weighted by Crippen LogP contribution is 2.30. The number of anilines is 1. The van der Waals surface area contributed by atoms with Gasteiger partial charge >= 0.3 is 0 Å². The zero-order valence-corrected chi connectivity index (χ0v) is 11.4. The summed E-state index contributed by atoms with van der Waals surface area (Å²) in [6, 6.07) is 7.77. The second kappa shape index (κ2) is 5.20. The van der Waals surface area contributed by atoms with E-state index >= 15 is 0 Å². The number of nitrogen functional groups attached to an aromatic ring is 1. The summed E-state index contributed by atoms with van der Waals surface area (Å²) in [7, 11) is -1.33. The summed E-state index contributed by atoms with van der Waals surface area (Å²) >= 11 is 0. The summed E-state index contributed by atoms with van der Waals surface area (Å²) in [5, 5.41) is 0.373. The lowest BCUT2D eigenvalue weighted by molar-refractivity contribution is 0.258. The minimum Gasteiger partial charge on any atom is -0.489 e. The third-order valence-electron chi connectivity index (χ3n) is 3.12. The number of hydrogen-bond acceptors (Lipinski definition) is 4. The molecular formula is C14H13FN2O2S. The Bertz CT molecular complexity index is 678. The van der Waals surface area contributed by atoms with Gasteiger partial charge in [-0.15, -0.1) is 0 Å². The second-order valence-electron chi connectivity index (χ2n) is 4.61. The molecule has 0 radical (unpaired) electrons. The van der Waals surface area contributed by atoms with Crippen molar-refractivity contribution in [3.05, 3.63) is 47.9 Å². The third-order valence-corrected chi connectivity index (χ3v) is 4.56. The SMILES string of the molecule is Nc1cccnc1S(=O)CC1Cc2cc(F)ccc2O1. The van der Waals surface area contributed by atoms with E-state index in [1.165, 1.54) is 12.1 Å². The fourth-order valence-electron chi connectivity index (χ4n) is 2.22. The number of nitrogens with zero attached hydrogens (tertiary/aromatic N) is 1. The van der Waals surface area contributed by atoms with Crippen LogP contribution in [0.1, 0.15) is 5.56 Å². The van der Waals surface area contributed by atoms with E-state index in [0.717, 1.165) is 5.56 Å². The largest absolute Gasteiger partial charge is 0.489 e. The van der Waals surface area contributed by atoms with Gasteiger partial charge < -0.3 is 10.5 Å². The van der Waals surface area contributed by atoms with Crippen LogP contribution in [-0.2, 0) is 17.2 Å². The highest BCUT2D eigenvalue weighted by molar-refractivity contribution is 7.85. The first-order valence-electron chi connectivity index (χ1n) is 6.17. The van der Waals surface area contributed by atoms with E-state index in [1.54, 1.807) is 24.4 Å². The van der Waals surface area contributed by atoms with Crippen molar-refractivity contribution < 1.29 is 13.3 Å². The normalized spacial score (nSPS) is 18.4. The number of rotatable bonds is 3. The van der Waals surface area contributed by atoms with Gasteiger partial charge in [-0.2, -0.15) is 0 Å². The maximum atomic E-state index is 13.1. The average molecular weight is 292 g/mol. The van der Waals surface area contributed by atoms with E-state index in [-0.39, 0.29) is 17.7 Å². The maximum Gasteiger partial charge on any atom is 0.150 e. The van der Waals surface area contributed by atoms with Crippen LogP contribution in [0.5, 0.6) is 5.75 Å². The van der Waals surface area contributed by atoms with Gasteiger partial charge in [0.1, 0.15) is 22.7 Å². The predicted octanol–water partition coefficient (Wildman–Crippen LogP) is 1.91. The molecule has 1 aromatic heterocycles. The summed E-state index contributed by atoms with van der Waals surface area (Å²) in [4.78, 5) is 4.04. The van der Waals surface area contributed by atoms with Crippen LogP contribution in [0.15, 0.2) is 41.6 Å². The van der Waals surface area contributed by atoms with Crippen LogP contribution < -0.4 is 10.5 Å². The van der Waals surface area contributed by atoms with Crippen molar-refractivity contribution in [2.24, 2.45) is 0 Å². The molecule has 0 fully saturated rings. The molecule has 0 spiro atoms. The summed E-state index contributed by atoms with van der Waals surface area (Å²) in [6.45, 7) is 0. The fourth-order valence-corrected chi connectivity index (χ4v) is 3.41. The number of nitrogens with two attached hydrogens (primary N) is 1. The second-order valence-corrected chi connectivity index (χ2v) is 6.02. The van der Waals surface area contributed by atoms with Crippen LogP contribution in [0.25, 0.3) is 0 Å². The first-order chi connectivity index (χ1) is 9.63. The van der Waals surface area contributed by atoms with Gasteiger partial charge in [0.25, 0.3) is 0 Å². The van der Waals surface area contributed by atoms with Crippen molar-refractivity contribution in [2.75, 3.05) is 11.5 Å². The van der Waals surface area contributed by atoms with Gasteiger partial charge in [0.15, 0.2) is 0 Å². The molecule has 2 atom stereocenters. The standard InChI is InChI=1S/C14H13FN2O2S/c15-10-3-4-13-9(6-10)7-11(19-13)8-20(18)14-12(16)2-1-5-17-14/h1-6,11H,7-8,16H2. The Hall–Kier alpha value is -1.95. The molecule has 4 nitrogen and oxygen atoms in total. The van der Waals surface area contributed by atoms with Crippen molar-refractivity contribution in [1.82, 2.24) is 4.98 Å².